The van der Waals surface area contributed by atoms with E-state index >= 15 is 0 Å². The van der Waals surface area contributed by atoms with Gasteiger partial charge in [0, 0.05) is 11.1 Å². The average molecular weight is 251 g/mol. The summed E-state index contributed by atoms with van der Waals surface area (Å²) in [5.74, 6) is 0.332. The molecule has 0 saturated heterocycles. The smallest absolute Gasteiger partial charge is 0.340 e. The molecule has 0 radical (unpaired) electrons. The normalized spacial score (nSPS) is 9.89. The van der Waals surface area contributed by atoms with Crippen LogP contribution in [0, 0.1) is 18.3 Å². The van der Waals surface area contributed by atoms with Gasteiger partial charge in [-0.05, 0) is 18.9 Å². The Kier molecular flexibility index (Phi) is 3.63. The van der Waals surface area contributed by atoms with E-state index in [1.165, 1.54) is 0 Å². The van der Waals surface area contributed by atoms with E-state index in [0.717, 1.165) is 5.56 Å². The molecule has 0 aliphatic heterocycles. The summed E-state index contributed by atoms with van der Waals surface area (Å²) in [5.41, 5.74) is 1.88. The van der Waals surface area contributed by atoms with Gasteiger partial charge in [-0.2, -0.15) is 5.26 Å². The van der Waals surface area contributed by atoms with E-state index in [-0.39, 0.29) is 0 Å². The Balaban J connectivity index is 2.75. The molecule has 19 heavy (non-hydrogen) atoms. The number of allylic oxidation sites excluding steroid dienone is 1. The van der Waals surface area contributed by atoms with Gasteiger partial charge in [0.25, 0.3) is 0 Å². The molecule has 0 spiro atoms. The lowest BCUT2D eigenvalue weighted by Crippen LogP contribution is -2.12. The lowest BCUT2D eigenvalue weighted by molar-refractivity contribution is 0.515. The Bertz CT molecular complexity index is 706. The Hall–Kier alpha value is -2.60. The summed E-state index contributed by atoms with van der Waals surface area (Å²) in [5, 5.41) is 9.31. The van der Waals surface area contributed by atoms with Gasteiger partial charge >= 0.3 is 5.63 Å². The molecule has 3 nitrogen and oxygen atoms in total. The molecule has 1 aromatic carbocycles. The molecule has 0 saturated carbocycles. The predicted octanol–water partition coefficient (Wildman–Crippen LogP) is 3.22. The van der Waals surface area contributed by atoms with E-state index in [9.17, 15) is 10.1 Å². The molecular weight excluding hydrogens is 238 g/mol. The summed E-state index contributed by atoms with van der Waals surface area (Å²) < 4.78 is 5.32. The molecule has 3 heteroatoms. The standard InChI is InChI=1S/C16H13NO2/c1-3-7-13-11(2)14(10-17)15(19-16(13)18)12-8-5-4-6-9-12/h3-6,8-9H,1,7H2,2H3. The van der Waals surface area contributed by atoms with Crippen LogP contribution in [0.4, 0.5) is 0 Å². The number of rotatable bonds is 3. The van der Waals surface area contributed by atoms with E-state index in [1.807, 2.05) is 30.3 Å². The summed E-state index contributed by atoms with van der Waals surface area (Å²) in [4.78, 5) is 12.0. The maximum absolute atomic E-state index is 12.0. The molecule has 0 N–H and O–H groups in total. The van der Waals surface area contributed by atoms with Crippen LogP contribution in [0.25, 0.3) is 11.3 Å². The Morgan fingerprint density at radius 2 is 2.05 bits per heavy atom. The fraction of sp³-hybridized carbons (Fsp3) is 0.125. The van der Waals surface area contributed by atoms with E-state index in [1.54, 1.807) is 13.0 Å². The van der Waals surface area contributed by atoms with Crippen molar-refractivity contribution in [3.05, 3.63) is 70.1 Å². The topological polar surface area (TPSA) is 54.0 Å². The number of benzene rings is 1. The van der Waals surface area contributed by atoms with Crippen molar-refractivity contribution in [2.75, 3.05) is 0 Å². The highest BCUT2D eigenvalue weighted by Crippen LogP contribution is 2.25. The molecule has 1 heterocycles. The largest absolute Gasteiger partial charge is 0.421 e. The van der Waals surface area contributed by atoms with Crippen LogP contribution in [0.3, 0.4) is 0 Å². The molecule has 0 unspecified atom stereocenters. The van der Waals surface area contributed by atoms with Crippen molar-refractivity contribution in [1.29, 1.82) is 5.26 Å². The molecule has 0 aliphatic carbocycles. The summed E-state index contributed by atoms with van der Waals surface area (Å²) in [7, 11) is 0. The number of nitrogens with zero attached hydrogens (tertiary/aromatic N) is 1. The molecule has 0 bridgehead atoms. The highest BCUT2D eigenvalue weighted by atomic mass is 16.4. The molecule has 1 aromatic heterocycles. The van der Waals surface area contributed by atoms with E-state index in [4.69, 9.17) is 4.42 Å². The Morgan fingerprint density at radius 3 is 2.63 bits per heavy atom. The molecule has 0 fully saturated rings. The van der Waals surface area contributed by atoms with Crippen LogP contribution in [-0.2, 0) is 6.42 Å². The van der Waals surface area contributed by atoms with E-state index in [2.05, 4.69) is 12.6 Å². The first kappa shape index (κ1) is 12.8. The molecule has 0 amide bonds. The van der Waals surface area contributed by atoms with Gasteiger partial charge in [-0.3, -0.25) is 0 Å². The molecular formula is C16H13NO2. The first-order valence-corrected chi connectivity index (χ1v) is 5.92. The van der Waals surface area contributed by atoms with E-state index in [0.29, 0.717) is 28.9 Å². The van der Waals surface area contributed by atoms with Crippen LogP contribution < -0.4 is 5.63 Å². The molecule has 2 rings (SSSR count). The monoisotopic (exact) mass is 251 g/mol. The second-order valence-corrected chi connectivity index (χ2v) is 4.17. The van der Waals surface area contributed by atoms with Gasteiger partial charge in [0.05, 0.1) is 5.56 Å². The summed E-state index contributed by atoms with van der Waals surface area (Å²) in [6, 6.07) is 11.3. The maximum Gasteiger partial charge on any atom is 0.340 e. The van der Waals surface area contributed by atoms with Crippen LogP contribution >= 0.6 is 0 Å². The van der Waals surface area contributed by atoms with Gasteiger partial charge in [0.1, 0.15) is 6.07 Å². The van der Waals surface area contributed by atoms with Crippen molar-refractivity contribution in [2.24, 2.45) is 0 Å². The average Bonchev–Trinajstić information content (AvgIpc) is 2.44. The zero-order chi connectivity index (χ0) is 13.8. The summed E-state index contributed by atoms with van der Waals surface area (Å²) in [6.45, 7) is 5.38. The Labute approximate surface area is 111 Å². The van der Waals surface area contributed by atoms with Crippen LogP contribution in [-0.4, -0.2) is 0 Å². The van der Waals surface area contributed by atoms with Gasteiger partial charge in [-0.1, -0.05) is 36.4 Å². The summed E-state index contributed by atoms with van der Waals surface area (Å²) in [6.07, 6.45) is 2.03. The minimum Gasteiger partial charge on any atom is -0.421 e. The molecule has 0 atom stereocenters. The zero-order valence-electron chi connectivity index (χ0n) is 10.6. The van der Waals surface area contributed by atoms with Crippen molar-refractivity contribution in [3.8, 4) is 17.4 Å². The van der Waals surface area contributed by atoms with Gasteiger partial charge < -0.3 is 4.42 Å². The highest BCUT2D eigenvalue weighted by molar-refractivity contribution is 5.66. The minimum atomic E-state index is -0.407. The lowest BCUT2D eigenvalue weighted by atomic mass is 9.99. The number of nitriles is 1. The zero-order valence-corrected chi connectivity index (χ0v) is 10.6. The van der Waals surface area contributed by atoms with Crippen molar-refractivity contribution in [2.45, 2.75) is 13.3 Å². The quantitative estimate of drug-likeness (QED) is 0.787. The first-order chi connectivity index (χ1) is 9.19. The third kappa shape index (κ3) is 2.34. The second kappa shape index (κ2) is 5.36. The van der Waals surface area contributed by atoms with Crippen LogP contribution in [0.15, 0.2) is 52.2 Å². The molecule has 2 aromatic rings. The Morgan fingerprint density at radius 1 is 1.37 bits per heavy atom. The second-order valence-electron chi connectivity index (χ2n) is 4.17. The van der Waals surface area contributed by atoms with Gasteiger partial charge in [-0.25, -0.2) is 4.79 Å². The maximum atomic E-state index is 12.0. The fourth-order valence-electron chi connectivity index (χ4n) is 1.99. The van der Waals surface area contributed by atoms with Crippen LogP contribution in [0.1, 0.15) is 16.7 Å². The van der Waals surface area contributed by atoms with Gasteiger partial charge in [0.2, 0.25) is 0 Å². The predicted molar refractivity (Wildman–Crippen MR) is 73.8 cm³/mol. The number of hydrogen-bond acceptors (Lipinski definition) is 3. The molecule has 94 valence electrons. The fourth-order valence-corrected chi connectivity index (χ4v) is 1.99. The molecule has 0 aliphatic rings. The van der Waals surface area contributed by atoms with Crippen molar-refractivity contribution in [1.82, 2.24) is 0 Å². The van der Waals surface area contributed by atoms with Gasteiger partial charge in [0.15, 0.2) is 5.76 Å². The lowest BCUT2D eigenvalue weighted by Gasteiger charge is -2.08. The van der Waals surface area contributed by atoms with Crippen molar-refractivity contribution >= 4 is 0 Å². The van der Waals surface area contributed by atoms with Crippen molar-refractivity contribution in [3.63, 3.8) is 0 Å². The summed E-state index contributed by atoms with van der Waals surface area (Å²) >= 11 is 0. The van der Waals surface area contributed by atoms with Crippen LogP contribution in [0.5, 0.6) is 0 Å². The first-order valence-electron chi connectivity index (χ1n) is 5.92. The van der Waals surface area contributed by atoms with Crippen molar-refractivity contribution < 1.29 is 4.42 Å². The third-order valence-corrected chi connectivity index (χ3v) is 2.99. The minimum absolute atomic E-state index is 0.332. The highest BCUT2D eigenvalue weighted by Gasteiger charge is 2.16. The third-order valence-electron chi connectivity index (χ3n) is 2.99. The number of hydrogen-bond donors (Lipinski definition) is 0. The SMILES string of the molecule is C=CCc1c(C)c(C#N)c(-c2ccccc2)oc1=O. The van der Waals surface area contributed by atoms with E-state index < -0.39 is 5.63 Å². The van der Waals surface area contributed by atoms with Crippen LogP contribution in [0.2, 0.25) is 0 Å². The van der Waals surface area contributed by atoms with Gasteiger partial charge in [-0.15, -0.1) is 6.58 Å².